The van der Waals surface area contributed by atoms with E-state index in [1.807, 2.05) is 35.4 Å². The number of amidine groups is 1. The fourth-order valence-electron chi connectivity index (χ4n) is 1.31. The molecule has 0 unspecified atom stereocenters. The van der Waals surface area contributed by atoms with Crippen molar-refractivity contribution in [3.63, 3.8) is 0 Å². The molecule has 14 heavy (non-hydrogen) atoms. The maximum atomic E-state index is 7.61. The minimum Gasteiger partial charge on any atom is -0.327 e. The summed E-state index contributed by atoms with van der Waals surface area (Å²) in [5.74, 6) is 1.03. The van der Waals surface area contributed by atoms with Crippen molar-refractivity contribution in [2.24, 2.45) is 0 Å². The molecule has 1 aliphatic rings. The van der Waals surface area contributed by atoms with Crippen LogP contribution in [-0.4, -0.2) is 22.4 Å². The Morgan fingerprint density at radius 2 is 2.07 bits per heavy atom. The number of thioether (sulfide) groups is 1. The van der Waals surface area contributed by atoms with E-state index in [-0.39, 0.29) is 0 Å². The Bertz CT molecular complexity index is 346. The SMILES string of the molecule is N=C1SCCN1/C=C/c1ccccc1. The van der Waals surface area contributed by atoms with Gasteiger partial charge in [0.05, 0.1) is 0 Å². The van der Waals surface area contributed by atoms with Crippen LogP contribution in [-0.2, 0) is 0 Å². The number of hydrogen-bond acceptors (Lipinski definition) is 2. The van der Waals surface area contributed by atoms with Crippen LogP contribution in [0.15, 0.2) is 36.5 Å². The Hall–Kier alpha value is -1.22. The summed E-state index contributed by atoms with van der Waals surface area (Å²) in [5.41, 5.74) is 1.18. The van der Waals surface area contributed by atoms with Crippen LogP contribution in [0.25, 0.3) is 6.08 Å². The molecule has 72 valence electrons. The Kier molecular flexibility index (Phi) is 2.89. The second-order valence-corrected chi connectivity index (χ2v) is 4.16. The zero-order chi connectivity index (χ0) is 9.80. The first-order valence-corrected chi connectivity index (χ1v) is 5.56. The fourth-order valence-corrected chi connectivity index (χ4v) is 2.11. The number of nitrogens with one attached hydrogen (secondary N) is 1. The van der Waals surface area contributed by atoms with Crippen LogP contribution in [0.5, 0.6) is 0 Å². The van der Waals surface area contributed by atoms with Gasteiger partial charge in [0.2, 0.25) is 0 Å². The number of nitrogens with zero attached hydrogens (tertiary/aromatic N) is 1. The lowest BCUT2D eigenvalue weighted by Crippen LogP contribution is -2.15. The van der Waals surface area contributed by atoms with Crippen molar-refractivity contribution < 1.29 is 0 Å². The number of hydrogen-bond donors (Lipinski definition) is 1. The predicted molar refractivity (Wildman–Crippen MR) is 62.4 cm³/mol. The Morgan fingerprint density at radius 1 is 1.29 bits per heavy atom. The molecule has 3 heteroatoms. The Labute approximate surface area is 88.1 Å². The first kappa shape index (κ1) is 9.34. The molecule has 2 rings (SSSR count). The highest BCUT2D eigenvalue weighted by Gasteiger charge is 2.14. The molecule has 1 aromatic carbocycles. The van der Waals surface area contributed by atoms with E-state index in [4.69, 9.17) is 5.41 Å². The van der Waals surface area contributed by atoms with Gasteiger partial charge in [-0.15, -0.1) is 0 Å². The molecule has 2 nitrogen and oxygen atoms in total. The van der Waals surface area contributed by atoms with Gasteiger partial charge >= 0.3 is 0 Å². The van der Waals surface area contributed by atoms with Gasteiger partial charge in [-0.1, -0.05) is 42.1 Å². The molecular weight excluding hydrogens is 192 g/mol. The van der Waals surface area contributed by atoms with Gasteiger partial charge in [-0.25, -0.2) is 0 Å². The average Bonchev–Trinajstić information content (AvgIpc) is 2.63. The summed E-state index contributed by atoms with van der Waals surface area (Å²) in [6.07, 6.45) is 4.03. The second kappa shape index (κ2) is 4.33. The van der Waals surface area contributed by atoms with E-state index in [0.29, 0.717) is 5.17 Å². The molecule has 0 atom stereocenters. The summed E-state index contributed by atoms with van der Waals surface area (Å²) >= 11 is 1.60. The zero-order valence-electron chi connectivity index (χ0n) is 7.81. The van der Waals surface area contributed by atoms with Crippen LogP contribution in [0.1, 0.15) is 5.56 Å². The molecular formula is C11H12N2S. The van der Waals surface area contributed by atoms with Crippen LogP contribution in [0.4, 0.5) is 0 Å². The van der Waals surface area contributed by atoms with E-state index in [0.717, 1.165) is 12.3 Å². The van der Waals surface area contributed by atoms with Crippen LogP contribution >= 0.6 is 11.8 Å². The summed E-state index contributed by atoms with van der Waals surface area (Å²) in [6, 6.07) is 10.2. The highest BCUT2D eigenvalue weighted by atomic mass is 32.2. The lowest BCUT2D eigenvalue weighted by molar-refractivity contribution is 0.621. The Morgan fingerprint density at radius 3 is 2.71 bits per heavy atom. The number of rotatable bonds is 2. The maximum absolute atomic E-state index is 7.61. The standard InChI is InChI=1S/C11H12N2S/c12-11-13(8-9-14-11)7-6-10-4-2-1-3-5-10/h1-7,12H,8-9H2/b7-6+,12-11?. The molecule has 0 aliphatic carbocycles. The lowest BCUT2D eigenvalue weighted by Gasteiger charge is -2.09. The molecule has 1 fully saturated rings. The average molecular weight is 204 g/mol. The van der Waals surface area contributed by atoms with E-state index >= 15 is 0 Å². The predicted octanol–water partition coefficient (Wildman–Crippen LogP) is 2.64. The van der Waals surface area contributed by atoms with Crippen molar-refractivity contribution in [3.8, 4) is 0 Å². The van der Waals surface area contributed by atoms with Crippen LogP contribution < -0.4 is 0 Å². The molecule has 0 radical (unpaired) electrons. The van der Waals surface area contributed by atoms with E-state index in [1.54, 1.807) is 11.8 Å². The molecule has 1 N–H and O–H groups in total. The quantitative estimate of drug-likeness (QED) is 0.801. The highest BCUT2D eigenvalue weighted by molar-refractivity contribution is 8.14. The van der Waals surface area contributed by atoms with Crippen LogP contribution in [0.3, 0.4) is 0 Å². The van der Waals surface area contributed by atoms with Crippen molar-refractivity contribution >= 4 is 23.0 Å². The molecule has 1 saturated heterocycles. The van der Waals surface area contributed by atoms with Crippen molar-refractivity contribution in [2.45, 2.75) is 0 Å². The molecule has 0 aromatic heterocycles. The molecule has 1 heterocycles. The molecule has 1 aliphatic heterocycles. The van der Waals surface area contributed by atoms with Gasteiger partial charge in [-0.05, 0) is 11.6 Å². The zero-order valence-corrected chi connectivity index (χ0v) is 8.63. The molecule has 0 bridgehead atoms. The van der Waals surface area contributed by atoms with E-state index in [2.05, 4.69) is 12.1 Å². The van der Waals surface area contributed by atoms with Crippen molar-refractivity contribution in [1.82, 2.24) is 4.90 Å². The van der Waals surface area contributed by atoms with E-state index in [1.165, 1.54) is 5.56 Å². The molecule has 0 amide bonds. The summed E-state index contributed by atoms with van der Waals surface area (Å²) in [6.45, 7) is 0.951. The smallest absolute Gasteiger partial charge is 0.160 e. The summed E-state index contributed by atoms with van der Waals surface area (Å²) < 4.78 is 0. The highest BCUT2D eigenvalue weighted by Crippen LogP contribution is 2.16. The summed E-state index contributed by atoms with van der Waals surface area (Å²) in [4.78, 5) is 1.97. The van der Waals surface area contributed by atoms with Gasteiger partial charge in [0, 0.05) is 18.5 Å². The monoisotopic (exact) mass is 204 g/mol. The van der Waals surface area contributed by atoms with Gasteiger partial charge in [-0.3, -0.25) is 5.41 Å². The number of benzene rings is 1. The third kappa shape index (κ3) is 2.17. The lowest BCUT2D eigenvalue weighted by atomic mass is 10.2. The first-order chi connectivity index (χ1) is 6.86. The minimum atomic E-state index is 0.650. The van der Waals surface area contributed by atoms with Gasteiger partial charge in [0.25, 0.3) is 0 Å². The largest absolute Gasteiger partial charge is 0.327 e. The summed E-state index contributed by atoms with van der Waals surface area (Å²) in [7, 11) is 0. The third-order valence-electron chi connectivity index (χ3n) is 2.08. The normalized spacial score (nSPS) is 16.9. The maximum Gasteiger partial charge on any atom is 0.160 e. The molecule has 0 spiro atoms. The second-order valence-electron chi connectivity index (χ2n) is 3.07. The third-order valence-corrected chi connectivity index (χ3v) is 2.97. The Balaban J connectivity index is 2.03. The van der Waals surface area contributed by atoms with Gasteiger partial charge in [0.1, 0.15) is 0 Å². The fraction of sp³-hybridized carbons (Fsp3) is 0.182. The van der Waals surface area contributed by atoms with Gasteiger partial charge < -0.3 is 4.90 Å². The summed E-state index contributed by atoms with van der Waals surface area (Å²) in [5, 5.41) is 8.26. The van der Waals surface area contributed by atoms with Gasteiger partial charge in [0.15, 0.2) is 5.17 Å². The molecule has 0 saturated carbocycles. The van der Waals surface area contributed by atoms with E-state index in [9.17, 15) is 0 Å². The first-order valence-electron chi connectivity index (χ1n) is 4.57. The molecule has 1 aromatic rings. The van der Waals surface area contributed by atoms with Gasteiger partial charge in [-0.2, -0.15) is 0 Å². The van der Waals surface area contributed by atoms with E-state index < -0.39 is 0 Å². The minimum absolute atomic E-state index is 0.650. The van der Waals surface area contributed by atoms with Crippen LogP contribution in [0.2, 0.25) is 0 Å². The van der Waals surface area contributed by atoms with Crippen molar-refractivity contribution in [2.75, 3.05) is 12.3 Å². The van der Waals surface area contributed by atoms with Crippen LogP contribution in [0, 0.1) is 5.41 Å². The van der Waals surface area contributed by atoms with Crippen molar-refractivity contribution in [1.29, 1.82) is 5.41 Å². The topological polar surface area (TPSA) is 27.1 Å². The van der Waals surface area contributed by atoms with Crippen molar-refractivity contribution in [3.05, 3.63) is 42.1 Å².